The summed E-state index contributed by atoms with van der Waals surface area (Å²) in [5.74, 6) is -0.442. The summed E-state index contributed by atoms with van der Waals surface area (Å²) in [7, 11) is 0. The topological polar surface area (TPSA) is 92.5 Å². The molecule has 7 heteroatoms. The first-order valence-electron chi connectivity index (χ1n) is 11.9. The van der Waals surface area contributed by atoms with Gasteiger partial charge >= 0.3 is 0 Å². The fraction of sp³-hybridized carbons (Fsp3) is 0.321. The molecule has 4 aromatic rings. The van der Waals surface area contributed by atoms with Crippen molar-refractivity contribution in [3.05, 3.63) is 87.3 Å². The average molecular weight is 468 g/mol. The van der Waals surface area contributed by atoms with E-state index in [0.29, 0.717) is 28.8 Å². The normalized spacial score (nSPS) is 12.3. The van der Waals surface area contributed by atoms with E-state index in [1.807, 2.05) is 18.2 Å². The van der Waals surface area contributed by atoms with E-state index in [1.165, 1.54) is 10.5 Å². The third-order valence-corrected chi connectivity index (χ3v) is 6.10. The van der Waals surface area contributed by atoms with Crippen molar-refractivity contribution in [2.45, 2.75) is 58.9 Å². The van der Waals surface area contributed by atoms with Crippen molar-refractivity contribution >= 4 is 22.6 Å². The van der Waals surface area contributed by atoms with Gasteiger partial charge in [0.15, 0.2) is 5.49 Å². The summed E-state index contributed by atoms with van der Waals surface area (Å²) in [6, 6.07) is 16.3. The molecular weight excluding hydrogens is 438 g/mol. The zero-order valence-corrected chi connectivity index (χ0v) is 20.6. The molecule has 0 atom stereocenters. The van der Waals surface area contributed by atoms with E-state index in [1.54, 1.807) is 35.0 Å². The van der Waals surface area contributed by atoms with Crippen molar-refractivity contribution in [1.29, 1.82) is 5.26 Å². The molecule has 0 saturated heterocycles. The van der Waals surface area contributed by atoms with Gasteiger partial charge in [0.25, 0.3) is 11.5 Å². The van der Waals surface area contributed by atoms with Crippen LogP contribution in [0.1, 0.15) is 68.4 Å². The molecule has 1 amide bonds. The number of nitrogens with zero attached hydrogens (tertiary/aromatic N) is 5. The van der Waals surface area contributed by atoms with Gasteiger partial charge in [-0.15, -0.1) is 0 Å². The SMILES string of the molecule is CCCCCn1c(=NC(=O)c2ccc(C(C)(C)C)cc2)c(C#N)cc2c(=O)n3ccccc3nc21. The minimum Gasteiger partial charge on any atom is -0.309 e. The van der Waals surface area contributed by atoms with Crippen LogP contribution in [-0.2, 0) is 12.0 Å². The lowest BCUT2D eigenvalue weighted by Crippen LogP contribution is -2.29. The van der Waals surface area contributed by atoms with Gasteiger partial charge in [-0.3, -0.25) is 14.0 Å². The number of carbonyl (C=O) groups excluding carboxylic acids is 1. The van der Waals surface area contributed by atoms with E-state index in [4.69, 9.17) is 4.98 Å². The molecule has 0 saturated carbocycles. The van der Waals surface area contributed by atoms with Crippen LogP contribution in [0.5, 0.6) is 0 Å². The van der Waals surface area contributed by atoms with E-state index >= 15 is 0 Å². The van der Waals surface area contributed by atoms with Gasteiger partial charge in [0.1, 0.15) is 17.4 Å². The Balaban J connectivity index is 1.96. The number of rotatable bonds is 5. The summed E-state index contributed by atoms with van der Waals surface area (Å²) in [5.41, 5.74) is 2.58. The second-order valence-electron chi connectivity index (χ2n) is 9.68. The first-order valence-corrected chi connectivity index (χ1v) is 11.9. The number of benzene rings is 1. The van der Waals surface area contributed by atoms with Gasteiger partial charge in [-0.25, -0.2) is 4.98 Å². The molecule has 0 bridgehead atoms. The van der Waals surface area contributed by atoms with Crippen molar-refractivity contribution in [2.75, 3.05) is 0 Å². The van der Waals surface area contributed by atoms with Crippen LogP contribution in [0.4, 0.5) is 0 Å². The molecular formula is C28H29N5O2. The lowest BCUT2D eigenvalue weighted by molar-refractivity contribution is 0.0997. The van der Waals surface area contributed by atoms with Gasteiger partial charge in [-0.1, -0.05) is 58.7 Å². The Morgan fingerprint density at radius 2 is 1.86 bits per heavy atom. The van der Waals surface area contributed by atoms with E-state index in [9.17, 15) is 14.9 Å². The number of pyridine rings is 2. The molecule has 0 aliphatic carbocycles. The number of fused-ring (bicyclic) bond motifs is 2. The Kier molecular flexibility index (Phi) is 6.65. The highest BCUT2D eigenvalue weighted by Crippen LogP contribution is 2.22. The second-order valence-corrected chi connectivity index (χ2v) is 9.68. The second kappa shape index (κ2) is 9.67. The Morgan fingerprint density at radius 3 is 2.51 bits per heavy atom. The van der Waals surface area contributed by atoms with Crippen molar-refractivity contribution in [1.82, 2.24) is 14.0 Å². The van der Waals surface area contributed by atoms with E-state index in [0.717, 1.165) is 24.8 Å². The predicted octanol–water partition coefficient (Wildman–Crippen LogP) is 4.75. The molecule has 3 aromatic heterocycles. The lowest BCUT2D eigenvalue weighted by Gasteiger charge is -2.18. The van der Waals surface area contributed by atoms with Gasteiger partial charge < -0.3 is 4.57 Å². The number of nitriles is 1. The van der Waals surface area contributed by atoms with Crippen LogP contribution in [0.2, 0.25) is 0 Å². The molecule has 3 heterocycles. The minimum absolute atomic E-state index is 0.0319. The maximum atomic E-state index is 13.2. The monoisotopic (exact) mass is 467 g/mol. The number of hydrogen-bond donors (Lipinski definition) is 0. The summed E-state index contributed by atoms with van der Waals surface area (Å²) in [4.78, 5) is 35.5. The molecule has 0 N–H and O–H groups in total. The smallest absolute Gasteiger partial charge is 0.278 e. The highest BCUT2D eigenvalue weighted by molar-refractivity contribution is 5.95. The summed E-state index contributed by atoms with van der Waals surface area (Å²) in [6.07, 6.45) is 4.42. The van der Waals surface area contributed by atoms with E-state index in [-0.39, 0.29) is 22.0 Å². The summed E-state index contributed by atoms with van der Waals surface area (Å²) in [6.45, 7) is 8.93. The van der Waals surface area contributed by atoms with Crippen LogP contribution in [0, 0.1) is 11.3 Å². The Morgan fingerprint density at radius 1 is 1.11 bits per heavy atom. The molecule has 0 aliphatic heterocycles. The first kappa shape index (κ1) is 24.1. The Labute approximate surface area is 204 Å². The molecule has 0 fully saturated rings. The quantitative estimate of drug-likeness (QED) is 0.313. The van der Waals surface area contributed by atoms with Gasteiger partial charge in [-0.2, -0.15) is 10.3 Å². The molecule has 1 aromatic carbocycles. The van der Waals surface area contributed by atoms with Crippen LogP contribution in [0.3, 0.4) is 0 Å². The zero-order valence-electron chi connectivity index (χ0n) is 20.6. The molecule has 0 aliphatic rings. The largest absolute Gasteiger partial charge is 0.309 e. The molecule has 4 rings (SSSR count). The Hall–Kier alpha value is -4.05. The first-order chi connectivity index (χ1) is 16.7. The average Bonchev–Trinajstić information content (AvgIpc) is 2.85. The van der Waals surface area contributed by atoms with Crippen molar-refractivity contribution < 1.29 is 4.79 Å². The summed E-state index contributed by atoms with van der Waals surface area (Å²) in [5, 5.41) is 10.2. The third kappa shape index (κ3) is 4.78. The van der Waals surface area contributed by atoms with Crippen LogP contribution in [0.15, 0.2) is 64.5 Å². The maximum absolute atomic E-state index is 13.2. The van der Waals surface area contributed by atoms with Crippen LogP contribution in [0.25, 0.3) is 16.7 Å². The molecule has 0 spiro atoms. The van der Waals surface area contributed by atoms with Crippen LogP contribution in [-0.4, -0.2) is 19.9 Å². The number of carbonyl (C=O) groups is 1. The van der Waals surface area contributed by atoms with Gasteiger partial charge in [0.05, 0.1) is 10.9 Å². The van der Waals surface area contributed by atoms with Gasteiger partial charge in [0.2, 0.25) is 0 Å². The van der Waals surface area contributed by atoms with Crippen LogP contribution >= 0.6 is 0 Å². The number of unbranched alkanes of at least 4 members (excludes halogenated alkanes) is 2. The maximum Gasteiger partial charge on any atom is 0.278 e. The fourth-order valence-corrected chi connectivity index (χ4v) is 4.09. The van der Waals surface area contributed by atoms with Crippen molar-refractivity contribution in [3.63, 3.8) is 0 Å². The van der Waals surface area contributed by atoms with Crippen molar-refractivity contribution in [3.8, 4) is 6.07 Å². The zero-order chi connectivity index (χ0) is 25.2. The van der Waals surface area contributed by atoms with Crippen molar-refractivity contribution in [2.24, 2.45) is 4.99 Å². The highest BCUT2D eigenvalue weighted by Gasteiger charge is 2.17. The molecule has 7 nitrogen and oxygen atoms in total. The van der Waals surface area contributed by atoms with Crippen LogP contribution < -0.4 is 11.0 Å². The van der Waals surface area contributed by atoms with Gasteiger partial charge in [0, 0.05) is 18.3 Å². The molecule has 0 radical (unpaired) electrons. The highest BCUT2D eigenvalue weighted by atomic mass is 16.1. The summed E-state index contributed by atoms with van der Waals surface area (Å²) >= 11 is 0. The fourth-order valence-electron chi connectivity index (χ4n) is 4.09. The van der Waals surface area contributed by atoms with Gasteiger partial charge in [-0.05, 0) is 47.7 Å². The lowest BCUT2D eigenvalue weighted by atomic mass is 9.87. The standard InChI is InChI=1S/C28H29N5O2/c1-5-6-8-16-33-24(31-26(34)19-11-13-21(14-12-19)28(2,3)4)20(18-29)17-22-25(33)30-23-10-7-9-15-32(23)27(22)35/h7,9-15,17H,5-6,8,16H2,1-4H3. The number of hydrogen-bond acceptors (Lipinski definition) is 4. The van der Waals surface area contributed by atoms with E-state index < -0.39 is 5.91 Å². The number of amides is 1. The Bertz CT molecular complexity index is 1580. The minimum atomic E-state index is -0.442. The number of aromatic nitrogens is 3. The number of aryl methyl sites for hydroxylation is 1. The molecule has 0 unspecified atom stereocenters. The third-order valence-electron chi connectivity index (χ3n) is 6.10. The van der Waals surface area contributed by atoms with E-state index in [2.05, 4.69) is 38.8 Å². The molecule has 35 heavy (non-hydrogen) atoms. The molecule has 178 valence electrons. The predicted molar refractivity (Wildman–Crippen MR) is 136 cm³/mol. The summed E-state index contributed by atoms with van der Waals surface area (Å²) < 4.78 is 3.21.